The summed E-state index contributed by atoms with van der Waals surface area (Å²) in [7, 11) is 1.59. The quantitative estimate of drug-likeness (QED) is 0.916. The van der Waals surface area contributed by atoms with Gasteiger partial charge in [-0.1, -0.05) is 24.3 Å². The number of hydrogen-bond donors (Lipinski definition) is 1. The molecule has 2 aromatic rings. The van der Waals surface area contributed by atoms with E-state index in [4.69, 9.17) is 4.74 Å². The van der Waals surface area contributed by atoms with Gasteiger partial charge in [0.1, 0.15) is 17.2 Å². The molecule has 0 heterocycles. The van der Waals surface area contributed by atoms with Crippen LogP contribution in [0.3, 0.4) is 0 Å². The minimum absolute atomic E-state index is 0.267. The lowest BCUT2D eigenvalue weighted by Gasteiger charge is -2.27. The number of ether oxygens (including phenoxy) is 1. The third kappa shape index (κ3) is 2.47. The molecule has 19 heavy (non-hydrogen) atoms. The van der Waals surface area contributed by atoms with Crippen LogP contribution in [0.4, 0.5) is 4.39 Å². The Hall–Kier alpha value is -1.87. The second-order valence-corrected chi connectivity index (χ2v) is 4.73. The number of aryl methyl sites for hydroxylation is 1. The first-order valence-corrected chi connectivity index (χ1v) is 6.09. The third-order valence-electron chi connectivity index (χ3n) is 3.36. The second kappa shape index (κ2) is 5.02. The number of aliphatic hydroxyl groups is 1. The van der Waals surface area contributed by atoms with E-state index in [0.717, 1.165) is 5.56 Å². The van der Waals surface area contributed by atoms with Crippen LogP contribution in [0.2, 0.25) is 0 Å². The van der Waals surface area contributed by atoms with Crippen LogP contribution in [0.15, 0.2) is 42.5 Å². The van der Waals surface area contributed by atoms with E-state index in [9.17, 15) is 9.50 Å². The number of rotatable bonds is 3. The van der Waals surface area contributed by atoms with Gasteiger partial charge in [-0.05, 0) is 43.2 Å². The molecular weight excluding hydrogens is 243 g/mol. The monoisotopic (exact) mass is 260 g/mol. The van der Waals surface area contributed by atoms with Crippen LogP contribution in [0.25, 0.3) is 0 Å². The highest BCUT2D eigenvalue weighted by Crippen LogP contribution is 2.34. The van der Waals surface area contributed by atoms with Crippen molar-refractivity contribution >= 4 is 0 Å². The van der Waals surface area contributed by atoms with Crippen molar-refractivity contribution in [1.29, 1.82) is 0 Å². The fraction of sp³-hybridized carbons (Fsp3) is 0.250. The molecule has 1 unspecified atom stereocenters. The van der Waals surface area contributed by atoms with Gasteiger partial charge in [0.2, 0.25) is 0 Å². The Morgan fingerprint density at radius 3 is 2.37 bits per heavy atom. The first kappa shape index (κ1) is 13.6. The molecule has 2 nitrogen and oxygen atoms in total. The molecule has 0 fully saturated rings. The molecule has 2 aromatic carbocycles. The van der Waals surface area contributed by atoms with E-state index in [0.29, 0.717) is 11.3 Å². The zero-order valence-corrected chi connectivity index (χ0v) is 11.3. The van der Waals surface area contributed by atoms with Crippen LogP contribution in [-0.4, -0.2) is 12.2 Å². The molecule has 1 atom stereocenters. The Balaban J connectivity index is 2.53. The lowest BCUT2D eigenvalue weighted by molar-refractivity contribution is 0.0972. The summed E-state index contributed by atoms with van der Waals surface area (Å²) < 4.78 is 19.0. The summed E-state index contributed by atoms with van der Waals surface area (Å²) in [5.41, 5.74) is 0.413. The molecule has 0 spiro atoms. The van der Waals surface area contributed by atoms with Gasteiger partial charge in [0, 0.05) is 5.56 Å². The zero-order chi connectivity index (χ0) is 14.0. The van der Waals surface area contributed by atoms with Crippen molar-refractivity contribution in [3.8, 4) is 5.75 Å². The molecular formula is C16H17FO2. The predicted octanol–water partition coefficient (Wildman–Crippen LogP) is 3.40. The van der Waals surface area contributed by atoms with Gasteiger partial charge in [-0.3, -0.25) is 0 Å². The highest BCUT2D eigenvalue weighted by atomic mass is 19.1. The largest absolute Gasteiger partial charge is 0.497 e. The summed E-state index contributed by atoms with van der Waals surface area (Å²) in [6.45, 7) is 3.47. The summed E-state index contributed by atoms with van der Waals surface area (Å²) >= 11 is 0. The number of methoxy groups -OCH3 is 1. The smallest absolute Gasteiger partial charge is 0.129 e. The van der Waals surface area contributed by atoms with Crippen LogP contribution in [0, 0.1) is 12.7 Å². The van der Waals surface area contributed by atoms with Gasteiger partial charge in [0.25, 0.3) is 0 Å². The van der Waals surface area contributed by atoms with E-state index >= 15 is 0 Å². The molecule has 1 N–H and O–H groups in total. The average Bonchev–Trinajstić information content (AvgIpc) is 2.38. The van der Waals surface area contributed by atoms with E-state index in [1.165, 1.54) is 6.07 Å². The van der Waals surface area contributed by atoms with E-state index in [1.54, 1.807) is 44.4 Å². The normalized spacial score (nSPS) is 13.9. The first-order chi connectivity index (χ1) is 8.96. The maximum Gasteiger partial charge on any atom is 0.129 e. The minimum Gasteiger partial charge on any atom is -0.497 e. The van der Waals surface area contributed by atoms with Crippen molar-refractivity contribution in [1.82, 2.24) is 0 Å². The van der Waals surface area contributed by atoms with E-state index in [1.807, 2.05) is 13.0 Å². The van der Waals surface area contributed by atoms with Crippen molar-refractivity contribution in [2.24, 2.45) is 0 Å². The lowest BCUT2D eigenvalue weighted by atomic mass is 9.85. The van der Waals surface area contributed by atoms with Crippen molar-refractivity contribution in [3.05, 3.63) is 65.0 Å². The molecule has 3 heteroatoms. The molecule has 0 bridgehead atoms. The predicted molar refractivity (Wildman–Crippen MR) is 72.8 cm³/mol. The Kier molecular flexibility index (Phi) is 3.58. The van der Waals surface area contributed by atoms with Crippen molar-refractivity contribution in [3.63, 3.8) is 0 Å². The van der Waals surface area contributed by atoms with Gasteiger partial charge in [-0.25, -0.2) is 4.39 Å². The summed E-state index contributed by atoms with van der Waals surface area (Å²) in [6, 6.07) is 11.6. The molecule has 0 aliphatic heterocycles. The Bertz CT molecular complexity index is 591. The van der Waals surface area contributed by atoms with Crippen molar-refractivity contribution in [2.75, 3.05) is 7.11 Å². The summed E-state index contributed by atoms with van der Waals surface area (Å²) in [6.07, 6.45) is 0. The van der Waals surface area contributed by atoms with Crippen molar-refractivity contribution < 1.29 is 14.2 Å². The van der Waals surface area contributed by atoms with E-state index in [-0.39, 0.29) is 5.56 Å². The van der Waals surface area contributed by atoms with Crippen LogP contribution in [0.5, 0.6) is 5.75 Å². The molecule has 0 aliphatic carbocycles. The molecule has 0 saturated heterocycles. The topological polar surface area (TPSA) is 29.5 Å². The van der Waals surface area contributed by atoms with Crippen LogP contribution in [-0.2, 0) is 5.60 Å². The third-order valence-corrected chi connectivity index (χ3v) is 3.36. The maximum atomic E-state index is 13.9. The molecule has 0 saturated carbocycles. The van der Waals surface area contributed by atoms with Crippen LogP contribution < -0.4 is 4.74 Å². The fourth-order valence-electron chi connectivity index (χ4n) is 2.31. The number of hydrogen-bond acceptors (Lipinski definition) is 2. The average molecular weight is 260 g/mol. The molecule has 2 rings (SSSR count). The fourth-order valence-corrected chi connectivity index (χ4v) is 2.31. The first-order valence-electron chi connectivity index (χ1n) is 6.09. The van der Waals surface area contributed by atoms with Gasteiger partial charge in [-0.2, -0.15) is 0 Å². The van der Waals surface area contributed by atoms with Crippen molar-refractivity contribution in [2.45, 2.75) is 19.4 Å². The second-order valence-electron chi connectivity index (χ2n) is 4.73. The van der Waals surface area contributed by atoms with E-state index < -0.39 is 11.4 Å². The molecule has 0 aliphatic rings. The van der Waals surface area contributed by atoms with Gasteiger partial charge in [-0.15, -0.1) is 0 Å². The van der Waals surface area contributed by atoms with Crippen LogP contribution >= 0.6 is 0 Å². The molecule has 0 aromatic heterocycles. The number of halogens is 1. The zero-order valence-electron chi connectivity index (χ0n) is 11.3. The highest BCUT2D eigenvalue weighted by molar-refractivity contribution is 5.43. The van der Waals surface area contributed by atoms with Gasteiger partial charge in [0.05, 0.1) is 7.11 Å². The van der Waals surface area contributed by atoms with Gasteiger partial charge in [0.15, 0.2) is 0 Å². The molecule has 100 valence electrons. The summed E-state index contributed by atoms with van der Waals surface area (Å²) in [4.78, 5) is 0. The van der Waals surface area contributed by atoms with Gasteiger partial charge < -0.3 is 9.84 Å². The highest BCUT2D eigenvalue weighted by Gasteiger charge is 2.30. The lowest BCUT2D eigenvalue weighted by Crippen LogP contribution is -2.25. The Morgan fingerprint density at radius 1 is 1.11 bits per heavy atom. The summed E-state index contributed by atoms with van der Waals surface area (Å²) in [5.74, 6) is 0.299. The Morgan fingerprint density at radius 2 is 1.79 bits per heavy atom. The molecule has 0 radical (unpaired) electrons. The number of benzene rings is 2. The van der Waals surface area contributed by atoms with Gasteiger partial charge >= 0.3 is 0 Å². The SMILES string of the molecule is COc1ccc(C(C)(O)c2ccccc2F)c(C)c1. The standard InChI is InChI=1S/C16H17FO2/c1-11-10-12(19-3)8-9-13(11)16(2,18)14-6-4-5-7-15(14)17/h4-10,18H,1-3H3. The minimum atomic E-state index is -1.37. The maximum absolute atomic E-state index is 13.9. The van der Waals surface area contributed by atoms with E-state index in [2.05, 4.69) is 0 Å². The Labute approximate surface area is 112 Å². The van der Waals surface area contributed by atoms with Crippen LogP contribution in [0.1, 0.15) is 23.6 Å². The summed E-state index contributed by atoms with van der Waals surface area (Å²) in [5, 5.41) is 10.7. The molecule has 0 amide bonds.